The zero-order valence-corrected chi connectivity index (χ0v) is 10.4. The Morgan fingerprint density at radius 3 is 2.55 bits per heavy atom. The first-order chi connectivity index (χ1) is 9.70. The summed E-state index contributed by atoms with van der Waals surface area (Å²) >= 11 is 0. The van der Waals surface area contributed by atoms with E-state index < -0.39 is 5.97 Å². The number of para-hydroxylation sites is 1. The predicted octanol–water partition coefficient (Wildman–Crippen LogP) is 3.40. The highest BCUT2D eigenvalue weighted by atomic mass is 16.4. The van der Waals surface area contributed by atoms with Gasteiger partial charge in [0, 0.05) is 17.1 Å². The summed E-state index contributed by atoms with van der Waals surface area (Å²) < 4.78 is 0. The maximum absolute atomic E-state index is 11.2. The van der Waals surface area contributed by atoms with E-state index in [1.807, 2.05) is 18.2 Å². The Morgan fingerprint density at radius 2 is 1.90 bits per heavy atom. The van der Waals surface area contributed by atoms with Crippen LogP contribution in [0.15, 0.2) is 48.7 Å². The van der Waals surface area contributed by atoms with Crippen molar-refractivity contribution >= 4 is 16.9 Å². The average molecular weight is 262 g/mol. The van der Waals surface area contributed by atoms with Crippen LogP contribution < -0.4 is 0 Å². The van der Waals surface area contributed by atoms with Crippen LogP contribution in [0.5, 0.6) is 0 Å². The number of rotatable bonds is 2. The molecule has 96 valence electrons. The van der Waals surface area contributed by atoms with E-state index in [9.17, 15) is 9.90 Å². The summed E-state index contributed by atoms with van der Waals surface area (Å²) in [6.45, 7) is 0. The van der Waals surface area contributed by atoms with Crippen molar-refractivity contribution < 1.29 is 9.90 Å². The lowest BCUT2D eigenvalue weighted by Gasteiger charge is -2.01. The topological polar surface area (TPSA) is 76.9 Å². The molecule has 0 saturated carbocycles. The largest absolute Gasteiger partial charge is 0.478 e. The molecule has 0 unspecified atom stereocenters. The van der Waals surface area contributed by atoms with Crippen molar-refractivity contribution in [3.63, 3.8) is 0 Å². The predicted molar refractivity (Wildman–Crippen MR) is 75.4 cm³/mol. The zero-order valence-electron chi connectivity index (χ0n) is 10.4. The van der Waals surface area contributed by atoms with Crippen molar-refractivity contribution in [2.45, 2.75) is 0 Å². The van der Waals surface area contributed by atoms with Gasteiger partial charge in [-0.3, -0.25) is 0 Å². The lowest BCUT2D eigenvalue weighted by atomic mass is 10.0. The van der Waals surface area contributed by atoms with Gasteiger partial charge in [0.2, 0.25) is 0 Å². The first-order valence-electron chi connectivity index (χ1n) is 6.04. The van der Waals surface area contributed by atoms with Crippen LogP contribution in [0.2, 0.25) is 0 Å². The summed E-state index contributed by atoms with van der Waals surface area (Å²) in [5.74, 6) is -0.955. The van der Waals surface area contributed by atoms with Crippen LogP contribution in [0.25, 0.3) is 22.0 Å². The van der Waals surface area contributed by atoms with Crippen LogP contribution >= 0.6 is 0 Å². The van der Waals surface area contributed by atoms with Crippen molar-refractivity contribution in [1.82, 2.24) is 4.98 Å². The number of carboxylic acids is 1. The fourth-order valence-electron chi connectivity index (χ4n) is 2.30. The van der Waals surface area contributed by atoms with E-state index in [-0.39, 0.29) is 5.56 Å². The van der Waals surface area contributed by atoms with Crippen LogP contribution in [0.3, 0.4) is 0 Å². The normalized spacial score (nSPS) is 10.3. The van der Waals surface area contributed by atoms with Gasteiger partial charge in [-0.25, -0.2) is 4.79 Å². The van der Waals surface area contributed by atoms with Gasteiger partial charge in [-0.05, 0) is 23.8 Å². The van der Waals surface area contributed by atoms with Gasteiger partial charge in [0.05, 0.1) is 22.7 Å². The van der Waals surface area contributed by atoms with Gasteiger partial charge < -0.3 is 10.1 Å². The molecule has 3 aromatic rings. The summed E-state index contributed by atoms with van der Waals surface area (Å²) in [4.78, 5) is 14.2. The minimum absolute atomic E-state index is 0.252. The third-order valence-corrected chi connectivity index (χ3v) is 3.27. The van der Waals surface area contributed by atoms with Crippen molar-refractivity contribution in [3.05, 3.63) is 59.8 Å². The number of carboxylic acid groups (broad SMARTS) is 1. The Hall–Kier alpha value is -3.06. The number of carbonyl (C=O) groups is 1. The second kappa shape index (κ2) is 4.56. The number of H-pyrrole nitrogens is 1. The molecule has 0 amide bonds. The van der Waals surface area contributed by atoms with Gasteiger partial charge in [-0.1, -0.05) is 24.3 Å². The smallest absolute Gasteiger partial charge is 0.337 e. The minimum Gasteiger partial charge on any atom is -0.478 e. The summed E-state index contributed by atoms with van der Waals surface area (Å²) in [5, 5.41) is 18.8. The molecule has 2 aromatic carbocycles. The van der Waals surface area contributed by atoms with Gasteiger partial charge in [0.1, 0.15) is 0 Å². The molecule has 0 aliphatic carbocycles. The Kier molecular flexibility index (Phi) is 2.73. The number of aromatic amines is 1. The fourth-order valence-corrected chi connectivity index (χ4v) is 2.30. The summed E-state index contributed by atoms with van der Waals surface area (Å²) in [7, 11) is 0. The summed E-state index contributed by atoms with van der Waals surface area (Å²) in [5.41, 5.74) is 3.33. The van der Waals surface area contributed by atoms with E-state index >= 15 is 0 Å². The zero-order chi connectivity index (χ0) is 14.1. The van der Waals surface area contributed by atoms with E-state index in [1.54, 1.807) is 30.5 Å². The van der Waals surface area contributed by atoms with E-state index in [0.717, 1.165) is 16.5 Å². The second-order valence-electron chi connectivity index (χ2n) is 4.42. The standard InChI is InChI=1S/C16H10N2O2/c17-8-10-4-6-11(7-5-10)14-9-18-15-12(14)2-1-3-13(15)16(19)20/h1-7,9,18H,(H,19,20). The molecule has 2 N–H and O–H groups in total. The number of hydrogen-bond acceptors (Lipinski definition) is 2. The van der Waals surface area contributed by atoms with Gasteiger partial charge in [0.15, 0.2) is 0 Å². The number of benzene rings is 2. The van der Waals surface area contributed by atoms with Gasteiger partial charge in [-0.15, -0.1) is 0 Å². The van der Waals surface area contributed by atoms with Crippen molar-refractivity contribution in [1.29, 1.82) is 5.26 Å². The number of nitrogens with one attached hydrogen (secondary N) is 1. The Bertz CT molecular complexity index is 839. The van der Waals surface area contributed by atoms with E-state index in [4.69, 9.17) is 5.26 Å². The third-order valence-electron chi connectivity index (χ3n) is 3.27. The first kappa shape index (κ1) is 12.0. The van der Waals surface area contributed by atoms with Crippen molar-refractivity contribution in [3.8, 4) is 17.2 Å². The number of aromatic carboxylic acids is 1. The van der Waals surface area contributed by atoms with Gasteiger partial charge in [-0.2, -0.15) is 5.26 Å². The molecule has 3 rings (SSSR count). The molecule has 0 fully saturated rings. The average Bonchev–Trinajstić information content (AvgIpc) is 2.91. The van der Waals surface area contributed by atoms with Crippen molar-refractivity contribution in [2.24, 2.45) is 0 Å². The molecule has 0 bridgehead atoms. The van der Waals surface area contributed by atoms with Gasteiger partial charge in [0.25, 0.3) is 0 Å². The number of hydrogen-bond donors (Lipinski definition) is 2. The minimum atomic E-state index is -0.955. The molecular weight excluding hydrogens is 252 g/mol. The molecule has 4 heteroatoms. The molecule has 4 nitrogen and oxygen atoms in total. The molecule has 1 aromatic heterocycles. The quantitative estimate of drug-likeness (QED) is 0.743. The highest BCUT2D eigenvalue weighted by molar-refractivity contribution is 6.06. The Morgan fingerprint density at radius 1 is 1.15 bits per heavy atom. The number of nitrogens with zero attached hydrogens (tertiary/aromatic N) is 1. The molecular formula is C16H10N2O2. The van der Waals surface area contributed by atoms with Gasteiger partial charge >= 0.3 is 5.97 Å². The molecule has 0 atom stereocenters. The Balaban J connectivity index is 2.20. The number of fused-ring (bicyclic) bond motifs is 1. The third kappa shape index (κ3) is 1.82. The molecule has 1 heterocycles. The maximum Gasteiger partial charge on any atom is 0.337 e. The number of aromatic nitrogens is 1. The molecule has 20 heavy (non-hydrogen) atoms. The Labute approximate surface area is 114 Å². The van der Waals surface area contributed by atoms with Crippen LogP contribution in [-0.2, 0) is 0 Å². The molecule has 0 radical (unpaired) electrons. The highest BCUT2D eigenvalue weighted by Gasteiger charge is 2.12. The fraction of sp³-hybridized carbons (Fsp3) is 0. The summed E-state index contributed by atoms with van der Waals surface area (Å²) in [6, 6.07) is 14.5. The van der Waals surface area contributed by atoms with Crippen LogP contribution in [0.4, 0.5) is 0 Å². The monoisotopic (exact) mass is 262 g/mol. The molecule has 0 spiro atoms. The van der Waals surface area contributed by atoms with E-state index in [0.29, 0.717) is 11.1 Å². The summed E-state index contributed by atoms with van der Waals surface area (Å²) in [6.07, 6.45) is 1.79. The SMILES string of the molecule is N#Cc1ccc(-c2c[nH]c3c(C(=O)O)cccc23)cc1. The first-order valence-corrected chi connectivity index (χ1v) is 6.04. The van der Waals surface area contributed by atoms with Crippen LogP contribution in [0, 0.1) is 11.3 Å². The number of nitriles is 1. The lowest BCUT2D eigenvalue weighted by molar-refractivity contribution is 0.0699. The lowest BCUT2D eigenvalue weighted by Crippen LogP contribution is -1.96. The second-order valence-corrected chi connectivity index (χ2v) is 4.42. The van der Waals surface area contributed by atoms with Crippen LogP contribution in [0.1, 0.15) is 15.9 Å². The van der Waals surface area contributed by atoms with E-state index in [2.05, 4.69) is 11.1 Å². The van der Waals surface area contributed by atoms with Crippen LogP contribution in [-0.4, -0.2) is 16.1 Å². The van der Waals surface area contributed by atoms with Crippen molar-refractivity contribution in [2.75, 3.05) is 0 Å². The van der Waals surface area contributed by atoms with E-state index in [1.165, 1.54) is 0 Å². The maximum atomic E-state index is 11.2. The molecule has 0 saturated heterocycles. The highest BCUT2D eigenvalue weighted by Crippen LogP contribution is 2.30. The molecule has 0 aliphatic rings. The molecule has 0 aliphatic heterocycles.